The molecule has 0 saturated heterocycles. The molecule has 0 saturated carbocycles. The van der Waals surface area contributed by atoms with E-state index in [9.17, 15) is 9.18 Å². The molecule has 0 aliphatic rings. The molecule has 1 amide bonds. The number of thioether (sulfide) groups is 1. The number of carbonyl (C=O) groups is 1. The fourth-order valence-corrected chi connectivity index (χ4v) is 3.34. The Bertz CT molecular complexity index is 735. The van der Waals surface area contributed by atoms with Crippen molar-refractivity contribution in [2.75, 3.05) is 0 Å². The molecular weight excluding hydrogens is 396 g/mol. The van der Waals surface area contributed by atoms with E-state index in [-0.39, 0.29) is 5.56 Å². The third-order valence-corrected chi connectivity index (χ3v) is 5.01. The lowest BCUT2D eigenvalue weighted by Crippen LogP contribution is -2.41. The van der Waals surface area contributed by atoms with Crippen LogP contribution in [0.5, 0.6) is 0 Å². The van der Waals surface area contributed by atoms with Crippen LogP contribution in [0.25, 0.3) is 0 Å². The third-order valence-electron chi connectivity index (χ3n) is 2.86. The standard InChI is InChI=1S/C15H13Cl3FN3OS/c1-8-7-9(2)21-14(20-8)24-13(15(16,17)18)22-12(23)10-5-3-4-6-11(10)19/h3-7,13H,1-2H3,(H,22,23). The van der Waals surface area contributed by atoms with Gasteiger partial charge in [-0.05, 0) is 32.0 Å². The molecule has 1 aromatic heterocycles. The SMILES string of the molecule is Cc1cc(C)nc(SC(NC(=O)c2ccccc2F)C(Cl)(Cl)Cl)n1. The quantitative estimate of drug-likeness (QED) is 0.351. The van der Waals surface area contributed by atoms with Crippen LogP contribution in [0.1, 0.15) is 21.7 Å². The van der Waals surface area contributed by atoms with Gasteiger partial charge in [0, 0.05) is 11.4 Å². The van der Waals surface area contributed by atoms with Crippen LogP contribution in [-0.2, 0) is 0 Å². The lowest BCUT2D eigenvalue weighted by molar-refractivity contribution is 0.0946. The van der Waals surface area contributed by atoms with E-state index in [2.05, 4.69) is 15.3 Å². The zero-order valence-electron chi connectivity index (χ0n) is 12.7. The van der Waals surface area contributed by atoms with Gasteiger partial charge in [-0.25, -0.2) is 14.4 Å². The van der Waals surface area contributed by atoms with Gasteiger partial charge < -0.3 is 5.32 Å². The first kappa shape index (κ1) is 19.2. The number of halogens is 4. The van der Waals surface area contributed by atoms with Crippen molar-refractivity contribution in [2.45, 2.75) is 28.2 Å². The van der Waals surface area contributed by atoms with Crippen LogP contribution >= 0.6 is 46.6 Å². The highest BCUT2D eigenvalue weighted by molar-refractivity contribution is 8.00. The molecule has 2 rings (SSSR count). The highest BCUT2D eigenvalue weighted by Gasteiger charge is 2.36. The van der Waals surface area contributed by atoms with E-state index >= 15 is 0 Å². The Morgan fingerprint density at radius 1 is 1.21 bits per heavy atom. The Balaban J connectivity index is 2.23. The van der Waals surface area contributed by atoms with Gasteiger partial charge in [-0.3, -0.25) is 4.79 Å². The van der Waals surface area contributed by atoms with Crippen LogP contribution in [0.3, 0.4) is 0 Å². The number of nitrogens with one attached hydrogen (secondary N) is 1. The lowest BCUT2D eigenvalue weighted by Gasteiger charge is -2.24. The van der Waals surface area contributed by atoms with E-state index in [4.69, 9.17) is 34.8 Å². The summed E-state index contributed by atoms with van der Waals surface area (Å²) >= 11 is 18.8. The van der Waals surface area contributed by atoms with E-state index in [1.54, 1.807) is 26.0 Å². The summed E-state index contributed by atoms with van der Waals surface area (Å²) in [4.78, 5) is 20.7. The molecular formula is C15H13Cl3FN3OS. The molecule has 9 heteroatoms. The molecule has 24 heavy (non-hydrogen) atoms. The average molecular weight is 409 g/mol. The minimum Gasteiger partial charge on any atom is -0.336 e. The van der Waals surface area contributed by atoms with E-state index in [1.807, 2.05) is 0 Å². The Kier molecular flexibility index (Phi) is 6.31. The number of aryl methyl sites for hydroxylation is 2. The average Bonchev–Trinajstić information content (AvgIpc) is 2.44. The summed E-state index contributed by atoms with van der Waals surface area (Å²) in [6.07, 6.45) is 0. The minimum atomic E-state index is -1.84. The smallest absolute Gasteiger partial charge is 0.255 e. The zero-order valence-corrected chi connectivity index (χ0v) is 15.8. The highest BCUT2D eigenvalue weighted by Crippen LogP contribution is 2.38. The molecule has 1 N–H and O–H groups in total. The first-order valence-corrected chi connectivity index (χ1v) is 8.79. The highest BCUT2D eigenvalue weighted by atomic mass is 35.6. The number of amides is 1. The molecule has 0 aliphatic heterocycles. The predicted octanol–water partition coefficient (Wildman–Crippen LogP) is 4.45. The molecule has 1 heterocycles. The number of aromatic nitrogens is 2. The van der Waals surface area contributed by atoms with Gasteiger partial charge >= 0.3 is 0 Å². The van der Waals surface area contributed by atoms with Crippen LogP contribution in [0.15, 0.2) is 35.5 Å². The van der Waals surface area contributed by atoms with E-state index in [0.29, 0.717) is 5.16 Å². The molecule has 0 bridgehead atoms. The Labute approximate surface area is 158 Å². The molecule has 0 fully saturated rings. The zero-order chi connectivity index (χ0) is 17.9. The summed E-state index contributed by atoms with van der Waals surface area (Å²) in [5.41, 5.74) is 1.35. The molecule has 0 spiro atoms. The van der Waals surface area contributed by atoms with Crippen molar-refractivity contribution in [1.82, 2.24) is 15.3 Å². The molecule has 1 unspecified atom stereocenters. The molecule has 128 valence electrons. The molecule has 1 aromatic carbocycles. The summed E-state index contributed by atoms with van der Waals surface area (Å²) < 4.78 is 11.9. The van der Waals surface area contributed by atoms with E-state index in [1.165, 1.54) is 18.2 Å². The maximum Gasteiger partial charge on any atom is 0.255 e. The van der Waals surface area contributed by atoms with E-state index in [0.717, 1.165) is 23.1 Å². The monoisotopic (exact) mass is 407 g/mol. The predicted molar refractivity (Wildman–Crippen MR) is 95.3 cm³/mol. The molecule has 1 atom stereocenters. The Morgan fingerprint density at radius 3 is 2.33 bits per heavy atom. The van der Waals surface area contributed by atoms with Crippen molar-refractivity contribution in [3.63, 3.8) is 0 Å². The normalized spacial score (nSPS) is 12.8. The molecule has 0 radical (unpaired) electrons. The van der Waals surface area contributed by atoms with Gasteiger partial charge in [0.15, 0.2) is 5.16 Å². The van der Waals surface area contributed by atoms with Crippen LogP contribution < -0.4 is 5.32 Å². The maximum atomic E-state index is 13.7. The van der Waals surface area contributed by atoms with Gasteiger partial charge in [-0.2, -0.15) is 0 Å². The first-order valence-electron chi connectivity index (χ1n) is 6.78. The lowest BCUT2D eigenvalue weighted by atomic mass is 10.2. The van der Waals surface area contributed by atoms with Crippen LogP contribution in [-0.4, -0.2) is 25.0 Å². The van der Waals surface area contributed by atoms with Crippen molar-refractivity contribution >= 4 is 52.5 Å². The molecule has 4 nitrogen and oxygen atoms in total. The van der Waals surface area contributed by atoms with Crippen molar-refractivity contribution < 1.29 is 9.18 Å². The van der Waals surface area contributed by atoms with Gasteiger partial charge in [0.1, 0.15) is 11.2 Å². The fourth-order valence-electron chi connectivity index (χ4n) is 1.87. The van der Waals surface area contributed by atoms with Gasteiger partial charge in [0.2, 0.25) is 3.79 Å². The second-order valence-electron chi connectivity index (χ2n) is 4.93. The fraction of sp³-hybridized carbons (Fsp3) is 0.267. The Morgan fingerprint density at radius 2 is 1.79 bits per heavy atom. The summed E-state index contributed by atoms with van der Waals surface area (Å²) in [6, 6.07) is 7.35. The number of benzene rings is 1. The van der Waals surface area contributed by atoms with E-state index < -0.39 is 20.9 Å². The van der Waals surface area contributed by atoms with Crippen molar-refractivity contribution in [1.29, 1.82) is 0 Å². The topological polar surface area (TPSA) is 54.9 Å². The van der Waals surface area contributed by atoms with Crippen LogP contribution in [0, 0.1) is 19.7 Å². The summed E-state index contributed by atoms with van der Waals surface area (Å²) in [5, 5.41) is 1.85. The number of hydrogen-bond donors (Lipinski definition) is 1. The van der Waals surface area contributed by atoms with Gasteiger partial charge in [0.25, 0.3) is 5.91 Å². The molecule has 2 aromatic rings. The molecule has 0 aliphatic carbocycles. The first-order chi connectivity index (χ1) is 11.2. The number of alkyl halides is 3. The number of rotatable bonds is 4. The van der Waals surface area contributed by atoms with Crippen molar-refractivity contribution in [2.24, 2.45) is 0 Å². The van der Waals surface area contributed by atoms with Crippen LogP contribution in [0.2, 0.25) is 0 Å². The largest absolute Gasteiger partial charge is 0.336 e. The number of hydrogen-bond acceptors (Lipinski definition) is 4. The minimum absolute atomic E-state index is 0.140. The number of nitrogens with zero attached hydrogens (tertiary/aromatic N) is 2. The maximum absolute atomic E-state index is 13.7. The third kappa shape index (κ3) is 5.21. The summed E-state index contributed by atoms with van der Waals surface area (Å²) in [6.45, 7) is 3.61. The number of carbonyl (C=O) groups excluding carboxylic acids is 1. The van der Waals surface area contributed by atoms with Crippen molar-refractivity contribution in [3.05, 3.63) is 53.1 Å². The second-order valence-corrected chi connectivity index (χ2v) is 8.37. The van der Waals surface area contributed by atoms with Gasteiger partial charge in [-0.1, -0.05) is 58.7 Å². The van der Waals surface area contributed by atoms with Gasteiger partial charge in [-0.15, -0.1) is 0 Å². The summed E-state index contributed by atoms with van der Waals surface area (Å²) in [5.74, 6) is -1.35. The second kappa shape index (κ2) is 7.87. The van der Waals surface area contributed by atoms with Crippen LogP contribution in [0.4, 0.5) is 4.39 Å². The summed E-state index contributed by atoms with van der Waals surface area (Å²) in [7, 11) is 0. The Hall–Kier alpha value is -1.08. The van der Waals surface area contributed by atoms with Gasteiger partial charge in [0.05, 0.1) is 5.56 Å². The van der Waals surface area contributed by atoms with Crippen molar-refractivity contribution in [3.8, 4) is 0 Å².